The number of halogens is 2. The standard InChI is InChI=1S/C20H17ClFSi/c21-15-23(14-16-6-10-19(22)11-7-16)20-12-8-18(9-13-20)17-4-2-1-3-5-17/h1-13H,14-15H2. The van der Waals surface area contributed by atoms with Crippen molar-refractivity contribution in [1.82, 2.24) is 0 Å². The van der Waals surface area contributed by atoms with Crippen LogP contribution in [0.5, 0.6) is 0 Å². The molecule has 0 N–H and O–H groups in total. The molecule has 1 radical (unpaired) electrons. The third kappa shape index (κ3) is 4.09. The van der Waals surface area contributed by atoms with Gasteiger partial charge in [-0.2, -0.15) is 0 Å². The van der Waals surface area contributed by atoms with Crippen LogP contribution in [-0.2, 0) is 6.04 Å². The molecule has 0 fully saturated rings. The van der Waals surface area contributed by atoms with Crippen LogP contribution in [0.1, 0.15) is 5.56 Å². The molecule has 3 aromatic carbocycles. The molecule has 0 amide bonds. The highest BCUT2D eigenvalue weighted by Gasteiger charge is 2.14. The summed E-state index contributed by atoms with van der Waals surface area (Å²) in [5.41, 5.74) is 4.23. The highest BCUT2D eigenvalue weighted by Crippen LogP contribution is 2.17. The van der Waals surface area contributed by atoms with Crippen molar-refractivity contribution >= 4 is 25.6 Å². The van der Waals surface area contributed by atoms with Gasteiger partial charge >= 0.3 is 0 Å². The lowest BCUT2D eigenvalue weighted by molar-refractivity contribution is 0.627. The van der Waals surface area contributed by atoms with Gasteiger partial charge in [-0.15, -0.1) is 11.6 Å². The van der Waals surface area contributed by atoms with Crippen LogP contribution in [0, 0.1) is 5.82 Å². The highest BCUT2D eigenvalue weighted by molar-refractivity contribution is 6.78. The predicted octanol–water partition coefficient (Wildman–Crippen LogP) is 4.75. The molecule has 23 heavy (non-hydrogen) atoms. The summed E-state index contributed by atoms with van der Waals surface area (Å²) < 4.78 is 13.0. The molecule has 0 atom stereocenters. The smallest absolute Gasteiger partial charge is 0.123 e. The first-order valence-corrected chi connectivity index (χ1v) is 10.0. The second kappa shape index (κ2) is 7.58. The summed E-state index contributed by atoms with van der Waals surface area (Å²) in [6.07, 6.45) is 0. The SMILES string of the molecule is Fc1ccc(C[Si](CCl)c2ccc(-c3ccccc3)cc2)cc1. The number of benzene rings is 3. The average molecular weight is 340 g/mol. The Hall–Kier alpha value is -1.90. The quantitative estimate of drug-likeness (QED) is 0.464. The average Bonchev–Trinajstić information content (AvgIpc) is 2.62. The minimum absolute atomic E-state index is 0.194. The molecule has 0 aliphatic carbocycles. The van der Waals surface area contributed by atoms with Crippen LogP contribution in [0.15, 0.2) is 78.9 Å². The van der Waals surface area contributed by atoms with Gasteiger partial charge in [-0.25, -0.2) is 4.39 Å². The molecule has 3 rings (SSSR count). The normalized spacial score (nSPS) is 10.9. The van der Waals surface area contributed by atoms with Gasteiger partial charge in [0.05, 0.1) is 0 Å². The Morgan fingerprint density at radius 2 is 1.35 bits per heavy atom. The number of rotatable bonds is 5. The summed E-state index contributed by atoms with van der Waals surface area (Å²) in [4.78, 5) is 0. The van der Waals surface area contributed by atoms with Crippen LogP contribution >= 0.6 is 11.6 Å². The van der Waals surface area contributed by atoms with Gasteiger partial charge < -0.3 is 0 Å². The molecule has 0 aromatic heterocycles. The van der Waals surface area contributed by atoms with E-state index in [0.29, 0.717) is 5.50 Å². The lowest BCUT2D eigenvalue weighted by Crippen LogP contribution is -2.35. The maximum absolute atomic E-state index is 13.0. The van der Waals surface area contributed by atoms with Crippen molar-refractivity contribution in [1.29, 1.82) is 0 Å². The van der Waals surface area contributed by atoms with Crippen molar-refractivity contribution in [2.45, 2.75) is 6.04 Å². The molecule has 0 aliphatic heterocycles. The Balaban J connectivity index is 1.77. The van der Waals surface area contributed by atoms with Crippen LogP contribution in [0.4, 0.5) is 4.39 Å². The lowest BCUT2D eigenvalue weighted by atomic mass is 10.1. The van der Waals surface area contributed by atoms with Gasteiger partial charge in [0.1, 0.15) is 14.6 Å². The van der Waals surface area contributed by atoms with E-state index in [1.807, 2.05) is 30.3 Å². The second-order valence-electron chi connectivity index (χ2n) is 5.48. The molecule has 0 nitrogen and oxygen atoms in total. The molecular weight excluding hydrogens is 323 g/mol. The maximum atomic E-state index is 13.0. The predicted molar refractivity (Wildman–Crippen MR) is 98.1 cm³/mol. The van der Waals surface area contributed by atoms with E-state index in [1.54, 1.807) is 0 Å². The van der Waals surface area contributed by atoms with Gasteiger partial charge in [-0.1, -0.05) is 77.5 Å². The van der Waals surface area contributed by atoms with Crippen LogP contribution in [-0.4, -0.2) is 14.3 Å². The highest BCUT2D eigenvalue weighted by atomic mass is 35.5. The monoisotopic (exact) mass is 339 g/mol. The van der Waals surface area contributed by atoms with Crippen LogP contribution in [0.25, 0.3) is 11.1 Å². The van der Waals surface area contributed by atoms with Crippen molar-refractivity contribution in [3.05, 3.63) is 90.2 Å². The minimum Gasteiger partial charge on any atom is -0.207 e. The molecule has 115 valence electrons. The zero-order valence-corrected chi connectivity index (χ0v) is 14.4. The molecule has 0 aliphatic rings. The molecule has 0 bridgehead atoms. The fourth-order valence-corrected chi connectivity index (χ4v) is 5.17. The van der Waals surface area contributed by atoms with Gasteiger partial charge in [-0.3, -0.25) is 0 Å². The Kier molecular flexibility index (Phi) is 5.26. The Labute approximate surface area is 143 Å². The van der Waals surface area contributed by atoms with E-state index in [-0.39, 0.29) is 5.82 Å². The van der Waals surface area contributed by atoms with Gasteiger partial charge in [0.2, 0.25) is 0 Å². The summed E-state index contributed by atoms with van der Waals surface area (Å²) in [5, 5.41) is 1.31. The van der Waals surface area contributed by atoms with E-state index in [9.17, 15) is 4.39 Å². The zero-order chi connectivity index (χ0) is 16.1. The molecule has 0 saturated heterocycles. The minimum atomic E-state index is -0.881. The van der Waals surface area contributed by atoms with Crippen molar-refractivity contribution < 1.29 is 4.39 Å². The molecule has 3 heteroatoms. The molecule has 0 heterocycles. The Bertz CT molecular complexity index is 739. The van der Waals surface area contributed by atoms with E-state index in [2.05, 4.69) is 36.4 Å². The van der Waals surface area contributed by atoms with Crippen LogP contribution in [0.2, 0.25) is 0 Å². The van der Waals surface area contributed by atoms with Crippen molar-refractivity contribution in [3.63, 3.8) is 0 Å². The summed E-state index contributed by atoms with van der Waals surface area (Å²) in [6.45, 7) is 0. The van der Waals surface area contributed by atoms with E-state index in [4.69, 9.17) is 11.6 Å². The molecular formula is C20H17ClFSi. The van der Waals surface area contributed by atoms with E-state index < -0.39 is 8.80 Å². The first-order valence-electron chi connectivity index (χ1n) is 7.57. The third-order valence-electron chi connectivity index (χ3n) is 3.89. The van der Waals surface area contributed by atoms with Gasteiger partial charge in [-0.05, 0) is 29.3 Å². The number of alkyl halides is 1. The van der Waals surface area contributed by atoms with Gasteiger partial charge in [0, 0.05) is 5.50 Å². The first-order chi connectivity index (χ1) is 11.3. The number of hydrogen-bond acceptors (Lipinski definition) is 0. The zero-order valence-electron chi connectivity index (χ0n) is 12.7. The summed E-state index contributed by atoms with van der Waals surface area (Å²) in [7, 11) is -0.881. The molecule has 0 spiro atoms. The fourth-order valence-electron chi connectivity index (χ4n) is 2.60. The fraction of sp³-hybridized carbons (Fsp3) is 0.100. The Morgan fingerprint density at radius 1 is 0.739 bits per heavy atom. The molecule has 3 aromatic rings. The van der Waals surface area contributed by atoms with Crippen molar-refractivity contribution in [3.8, 4) is 11.1 Å². The summed E-state index contributed by atoms with van der Waals surface area (Å²) >= 11 is 6.21. The maximum Gasteiger partial charge on any atom is 0.123 e. The summed E-state index contributed by atoms with van der Waals surface area (Å²) in [6, 6.07) is 26.7. The van der Waals surface area contributed by atoms with Crippen LogP contribution in [0.3, 0.4) is 0 Å². The lowest BCUT2D eigenvalue weighted by Gasteiger charge is -2.13. The molecule has 0 saturated carbocycles. The second-order valence-corrected chi connectivity index (χ2v) is 8.69. The van der Waals surface area contributed by atoms with Crippen LogP contribution < -0.4 is 5.19 Å². The number of hydrogen-bond donors (Lipinski definition) is 0. The largest absolute Gasteiger partial charge is 0.207 e. The van der Waals surface area contributed by atoms with E-state index in [1.165, 1.54) is 28.4 Å². The molecule has 0 unspecified atom stereocenters. The van der Waals surface area contributed by atoms with E-state index >= 15 is 0 Å². The first kappa shape index (κ1) is 16.0. The topological polar surface area (TPSA) is 0 Å². The summed E-state index contributed by atoms with van der Waals surface area (Å²) in [5.74, 6) is -0.194. The Morgan fingerprint density at radius 3 is 1.96 bits per heavy atom. The van der Waals surface area contributed by atoms with Gasteiger partial charge in [0.25, 0.3) is 0 Å². The van der Waals surface area contributed by atoms with E-state index in [0.717, 1.165) is 11.6 Å². The van der Waals surface area contributed by atoms with Crippen molar-refractivity contribution in [2.24, 2.45) is 0 Å². The van der Waals surface area contributed by atoms with Crippen molar-refractivity contribution in [2.75, 3.05) is 5.50 Å². The van der Waals surface area contributed by atoms with Gasteiger partial charge in [0.15, 0.2) is 0 Å². The third-order valence-corrected chi connectivity index (χ3v) is 7.17.